The minimum Gasteiger partial charge on any atom is -0.412 e. The first-order valence-corrected chi connectivity index (χ1v) is 0. The van der Waals surface area contributed by atoms with Gasteiger partial charge >= 0.3 is 0 Å². The van der Waals surface area contributed by atoms with Crippen LogP contribution in [0.5, 0.6) is 0 Å². The van der Waals surface area contributed by atoms with Gasteiger partial charge in [0.2, 0.25) is 0 Å². The van der Waals surface area contributed by atoms with E-state index in [4.69, 9.17) is 0 Å². The molecule has 0 amide bonds. The van der Waals surface area contributed by atoms with Crippen LogP contribution < -0.4 is 0 Å². The normalized spacial score (nSPS) is 0. The molecule has 0 atom stereocenters. The molecule has 0 aliphatic rings. The Morgan fingerprint density at radius 1 is 0.0571 bits per heavy atom. The summed E-state index contributed by atoms with van der Waals surface area (Å²) in [5.41, 5.74) is 0. The first-order chi connectivity index (χ1) is 0. The molecule has 32 nitrogen and oxygen atoms in total. The van der Waals surface area contributed by atoms with Gasteiger partial charge in [0, 0.05) is 58.4 Å². The molecule has 0 aromatic rings. The minimum absolute atomic E-state index is 0. The monoisotopic (exact) mass is 768 g/mol. The maximum Gasteiger partial charge on any atom is 0 e. The minimum atomic E-state index is 0. The van der Waals surface area contributed by atoms with E-state index in [1.165, 1.54) is 0 Å². The summed E-state index contributed by atoms with van der Waals surface area (Å²) in [5.74, 6) is 0. The smallest absolute Gasteiger partial charge is 0 e. The van der Waals surface area contributed by atoms with Crippen LogP contribution in [0.25, 0.3) is 0 Å². The average Bonchev–Trinajstić information content (AvgIpc) is 0. The van der Waals surface area contributed by atoms with Crippen molar-refractivity contribution in [2.45, 2.75) is 0 Å². The molecule has 0 rings (SSSR count). The van der Waals surface area contributed by atoms with Crippen molar-refractivity contribution in [3.8, 4) is 0 Å². The zero-order valence-electron chi connectivity index (χ0n) is 18.1. The Balaban J connectivity index is 0. The van der Waals surface area contributed by atoms with Gasteiger partial charge in [-0.1, -0.05) is 0 Å². The molecule has 0 saturated heterocycles. The summed E-state index contributed by atoms with van der Waals surface area (Å²) in [4.78, 5) is 0. The Morgan fingerprint density at radius 2 is 0.0571 bits per heavy atom. The predicted octanol–water partition coefficient (Wildman–Crippen LogP) is -26.4. The van der Waals surface area contributed by atoms with Crippen molar-refractivity contribution >= 4 is 0 Å². The van der Waals surface area contributed by atoms with Crippen LogP contribution in [0.15, 0.2) is 0 Å². The van der Waals surface area contributed by atoms with Crippen molar-refractivity contribution in [2.75, 3.05) is 0 Å². The molecule has 0 unspecified atom stereocenters. The summed E-state index contributed by atoms with van der Waals surface area (Å²) in [5, 5.41) is 0. The van der Waals surface area contributed by atoms with Gasteiger partial charge < -0.3 is 175 Å². The fraction of sp³-hybridized carbons (Fsp3) is 0. The van der Waals surface area contributed by atoms with E-state index >= 15 is 0 Å². The third-order valence-electron chi connectivity index (χ3n) is 0. The van der Waals surface area contributed by atoms with Gasteiger partial charge in [-0.25, -0.2) is 0 Å². The maximum absolute atomic E-state index is 0. The Morgan fingerprint density at radius 3 is 0.0571 bits per heavy atom. The molecule has 35 heteroatoms. The van der Waals surface area contributed by atoms with Crippen LogP contribution in [-0.2, 0) is 58.4 Å². The number of rotatable bonds is 0. The Kier molecular flexibility index (Phi) is 392000000. The van der Waals surface area contributed by atoms with Gasteiger partial charge in [0.05, 0.1) is 0 Å². The molecule has 0 heterocycles. The largest absolute Gasteiger partial charge is 0.412 e. The van der Waals surface area contributed by atoms with E-state index in [2.05, 4.69) is 0 Å². The Hall–Kier alpha value is 0.590. The molecule has 0 aromatic heterocycles. The summed E-state index contributed by atoms with van der Waals surface area (Å²) in [7, 11) is 0. The van der Waals surface area contributed by atoms with E-state index in [1.54, 1.807) is 0 Å². The Bertz CT molecular complexity index is 14.8. The first kappa shape index (κ1) is 122000. The summed E-state index contributed by atoms with van der Waals surface area (Å²) in [6.07, 6.45) is 0. The third kappa shape index (κ3) is 105000. The topological polar surface area (TPSA) is 1010 Å². The van der Waals surface area contributed by atoms with E-state index in [-0.39, 0.29) is 234 Å². The molecular formula is H64O32Zn3. The molecule has 64 N–H and O–H groups in total. The summed E-state index contributed by atoms with van der Waals surface area (Å²) in [6, 6.07) is 0. The first-order valence-electron chi connectivity index (χ1n) is 0. The SMILES string of the molecule is O.O.O.O.O.O.O.O.O.O.O.O.O.O.O.O.O.O.O.O.O.O.O.O.O.O.O.O.O.O.O.O.[Zn].[Zn].[Zn]. The van der Waals surface area contributed by atoms with Crippen molar-refractivity contribution in [3.05, 3.63) is 0 Å². The van der Waals surface area contributed by atoms with Crippen LogP contribution in [0.1, 0.15) is 0 Å². The molecular weight excluding hydrogens is 708 g/mol. The number of hydrogen-bond acceptors (Lipinski definition) is 0. The van der Waals surface area contributed by atoms with Gasteiger partial charge in [-0.3, -0.25) is 0 Å². The van der Waals surface area contributed by atoms with Crippen molar-refractivity contribution < 1.29 is 234 Å². The zero-order chi connectivity index (χ0) is 0. The van der Waals surface area contributed by atoms with Gasteiger partial charge in [-0.15, -0.1) is 0 Å². The third-order valence-corrected chi connectivity index (χ3v) is 0. The molecule has 0 aromatic carbocycles. The van der Waals surface area contributed by atoms with Crippen LogP contribution in [0, 0.1) is 0 Å². The zero-order valence-corrected chi connectivity index (χ0v) is 27.0. The van der Waals surface area contributed by atoms with Gasteiger partial charge in [0.15, 0.2) is 0 Å². The fourth-order valence-corrected chi connectivity index (χ4v) is 0. The molecule has 262 valence electrons. The standard InChI is InChI=1S/32H2O.3Zn/h32*1H2;;;. The summed E-state index contributed by atoms with van der Waals surface area (Å²) >= 11 is 0. The van der Waals surface area contributed by atoms with Crippen molar-refractivity contribution in [1.82, 2.24) is 0 Å². The van der Waals surface area contributed by atoms with E-state index in [1.807, 2.05) is 0 Å². The summed E-state index contributed by atoms with van der Waals surface area (Å²) in [6.45, 7) is 0. The molecule has 0 spiro atoms. The van der Waals surface area contributed by atoms with Gasteiger partial charge in [0.1, 0.15) is 0 Å². The maximum atomic E-state index is 0. The van der Waals surface area contributed by atoms with Crippen LogP contribution in [-0.4, -0.2) is 175 Å². The molecule has 0 saturated carbocycles. The molecule has 0 aliphatic heterocycles. The molecule has 0 fully saturated rings. The Labute approximate surface area is 233 Å². The van der Waals surface area contributed by atoms with Crippen molar-refractivity contribution in [1.29, 1.82) is 0 Å². The van der Waals surface area contributed by atoms with Gasteiger partial charge in [-0.05, 0) is 0 Å². The average molecular weight is 773 g/mol. The van der Waals surface area contributed by atoms with Crippen molar-refractivity contribution in [2.24, 2.45) is 0 Å². The molecule has 35 heavy (non-hydrogen) atoms. The predicted molar refractivity (Wildman–Crippen MR) is 116 cm³/mol. The molecule has 0 aliphatic carbocycles. The van der Waals surface area contributed by atoms with Crippen LogP contribution in [0.4, 0.5) is 0 Å². The molecule has 0 radical (unpaired) electrons. The van der Waals surface area contributed by atoms with E-state index in [0.717, 1.165) is 0 Å². The van der Waals surface area contributed by atoms with Crippen LogP contribution in [0.3, 0.4) is 0 Å². The van der Waals surface area contributed by atoms with Gasteiger partial charge in [-0.2, -0.15) is 0 Å². The van der Waals surface area contributed by atoms with Crippen molar-refractivity contribution in [3.63, 3.8) is 0 Å². The van der Waals surface area contributed by atoms with E-state index < -0.39 is 0 Å². The second-order valence-corrected chi connectivity index (χ2v) is 0. The molecule has 0 bridgehead atoms. The fourth-order valence-electron chi connectivity index (χ4n) is 0. The quantitative estimate of drug-likeness (QED) is 0.207. The van der Waals surface area contributed by atoms with Crippen LogP contribution in [0.2, 0.25) is 0 Å². The second kappa shape index (κ2) is 112000. The number of hydrogen-bond donors (Lipinski definition) is 0. The second-order valence-electron chi connectivity index (χ2n) is 0. The van der Waals surface area contributed by atoms with E-state index in [9.17, 15) is 0 Å². The van der Waals surface area contributed by atoms with Crippen LogP contribution >= 0.6 is 0 Å². The summed E-state index contributed by atoms with van der Waals surface area (Å²) < 4.78 is 0. The van der Waals surface area contributed by atoms with E-state index in [0.29, 0.717) is 0 Å². The van der Waals surface area contributed by atoms with Gasteiger partial charge in [0.25, 0.3) is 0 Å².